The number of nitrogens with zero attached hydrogens (tertiary/aromatic N) is 1. The van der Waals surface area contributed by atoms with Crippen molar-refractivity contribution in [2.75, 3.05) is 6.61 Å². The maximum atomic E-state index is 9.41. The Morgan fingerprint density at radius 2 is 2.08 bits per heavy atom. The van der Waals surface area contributed by atoms with Crippen molar-refractivity contribution in [2.45, 2.75) is 39.0 Å². The van der Waals surface area contributed by atoms with Gasteiger partial charge in [-0.15, -0.1) is 11.3 Å². The largest absolute Gasteiger partial charge is 0.395 e. The SMILES string of the molecule is CCC(CC)(CO)c1nc(C)cs1. The second-order valence-corrected chi connectivity index (χ2v) is 4.30. The topological polar surface area (TPSA) is 33.1 Å². The maximum absolute atomic E-state index is 9.41. The van der Waals surface area contributed by atoms with Crippen LogP contribution in [0.4, 0.5) is 0 Å². The molecule has 0 saturated heterocycles. The van der Waals surface area contributed by atoms with E-state index in [-0.39, 0.29) is 12.0 Å². The van der Waals surface area contributed by atoms with Gasteiger partial charge in [0, 0.05) is 16.5 Å². The molecule has 1 heterocycles. The van der Waals surface area contributed by atoms with Crippen molar-refractivity contribution in [2.24, 2.45) is 0 Å². The predicted molar refractivity (Wildman–Crippen MR) is 56.2 cm³/mol. The molecular weight excluding hydrogens is 182 g/mol. The summed E-state index contributed by atoms with van der Waals surface area (Å²) in [6.45, 7) is 6.41. The highest BCUT2D eigenvalue weighted by Gasteiger charge is 2.30. The number of aryl methyl sites for hydroxylation is 1. The minimum atomic E-state index is -0.0983. The Labute approximate surface area is 83.6 Å². The van der Waals surface area contributed by atoms with Crippen molar-refractivity contribution >= 4 is 11.3 Å². The molecule has 2 nitrogen and oxygen atoms in total. The molecule has 0 saturated carbocycles. The molecule has 0 aromatic carbocycles. The first-order chi connectivity index (χ1) is 6.18. The van der Waals surface area contributed by atoms with E-state index in [0.717, 1.165) is 23.5 Å². The summed E-state index contributed by atoms with van der Waals surface area (Å²) >= 11 is 1.66. The quantitative estimate of drug-likeness (QED) is 0.808. The molecule has 0 aliphatic rings. The van der Waals surface area contributed by atoms with E-state index < -0.39 is 0 Å². The smallest absolute Gasteiger partial charge is 0.101 e. The number of aliphatic hydroxyl groups is 1. The first-order valence-corrected chi connectivity index (χ1v) is 5.60. The zero-order valence-electron chi connectivity index (χ0n) is 8.50. The molecule has 1 aromatic heterocycles. The van der Waals surface area contributed by atoms with E-state index in [9.17, 15) is 5.11 Å². The van der Waals surface area contributed by atoms with Gasteiger partial charge in [0.05, 0.1) is 6.61 Å². The second-order valence-electron chi connectivity index (χ2n) is 3.44. The van der Waals surface area contributed by atoms with Crippen molar-refractivity contribution in [1.82, 2.24) is 4.98 Å². The number of hydrogen-bond donors (Lipinski definition) is 1. The van der Waals surface area contributed by atoms with Crippen LogP contribution in [0.15, 0.2) is 5.38 Å². The minimum Gasteiger partial charge on any atom is -0.395 e. The van der Waals surface area contributed by atoms with Gasteiger partial charge in [-0.25, -0.2) is 4.98 Å². The zero-order valence-corrected chi connectivity index (χ0v) is 9.32. The predicted octanol–water partition coefficient (Wildman–Crippen LogP) is 2.50. The standard InChI is InChI=1S/C10H17NOS/c1-4-10(5-2,7-12)9-11-8(3)6-13-9/h6,12H,4-5,7H2,1-3H3. The fourth-order valence-corrected chi connectivity index (χ4v) is 2.58. The number of thiazole rings is 1. The van der Waals surface area contributed by atoms with Crippen LogP contribution in [0.1, 0.15) is 37.4 Å². The minimum absolute atomic E-state index is 0.0983. The van der Waals surface area contributed by atoms with E-state index in [1.54, 1.807) is 11.3 Å². The molecule has 0 aliphatic carbocycles. The van der Waals surface area contributed by atoms with Crippen LogP contribution < -0.4 is 0 Å². The monoisotopic (exact) mass is 199 g/mol. The lowest BCUT2D eigenvalue weighted by Crippen LogP contribution is -2.28. The number of aliphatic hydroxyl groups excluding tert-OH is 1. The first kappa shape index (κ1) is 10.7. The summed E-state index contributed by atoms with van der Waals surface area (Å²) in [5.74, 6) is 0. The number of aromatic nitrogens is 1. The van der Waals surface area contributed by atoms with Gasteiger partial charge >= 0.3 is 0 Å². The van der Waals surface area contributed by atoms with Gasteiger partial charge in [0.1, 0.15) is 5.01 Å². The molecule has 0 fully saturated rings. The fourth-order valence-electron chi connectivity index (χ4n) is 1.44. The molecule has 1 N–H and O–H groups in total. The van der Waals surface area contributed by atoms with Crippen molar-refractivity contribution in [1.29, 1.82) is 0 Å². The highest BCUT2D eigenvalue weighted by molar-refractivity contribution is 7.09. The third-order valence-electron chi connectivity index (χ3n) is 2.73. The van der Waals surface area contributed by atoms with Gasteiger partial charge in [-0.05, 0) is 19.8 Å². The van der Waals surface area contributed by atoms with Crippen LogP contribution >= 0.6 is 11.3 Å². The average molecular weight is 199 g/mol. The van der Waals surface area contributed by atoms with Gasteiger partial charge in [0.25, 0.3) is 0 Å². The number of hydrogen-bond acceptors (Lipinski definition) is 3. The Bertz CT molecular complexity index is 257. The summed E-state index contributed by atoms with van der Waals surface area (Å²) < 4.78 is 0. The van der Waals surface area contributed by atoms with Crippen LogP contribution in [0, 0.1) is 6.92 Å². The third kappa shape index (κ3) is 1.92. The molecule has 74 valence electrons. The van der Waals surface area contributed by atoms with Crippen molar-refractivity contribution in [3.8, 4) is 0 Å². The third-order valence-corrected chi connectivity index (χ3v) is 3.94. The summed E-state index contributed by atoms with van der Waals surface area (Å²) in [5, 5.41) is 12.5. The highest BCUT2D eigenvalue weighted by Crippen LogP contribution is 2.33. The van der Waals surface area contributed by atoms with E-state index in [0.29, 0.717) is 0 Å². The van der Waals surface area contributed by atoms with Crippen LogP contribution in [-0.2, 0) is 5.41 Å². The molecule has 3 heteroatoms. The molecule has 13 heavy (non-hydrogen) atoms. The lowest BCUT2D eigenvalue weighted by molar-refractivity contribution is 0.182. The van der Waals surface area contributed by atoms with E-state index in [4.69, 9.17) is 0 Å². The Morgan fingerprint density at radius 1 is 1.46 bits per heavy atom. The highest BCUT2D eigenvalue weighted by atomic mass is 32.1. The number of rotatable bonds is 4. The fraction of sp³-hybridized carbons (Fsp3) is 0.700. The normalized spacial score (nSPS) is 12.0. The van der Waals surface area contributed by atoms with Gasteiger partial charge in [-0.1, -0.05) is 13.8 Å². The van der Waals surface area contributed by atoms with Gasteiger partial charge in [-0.3, -0.25) is 0 Å². The second kappa shape index (κ2) is 4.20. The summed E-state index contributed by atoms with van der Waals surface area (Å²) in [6, 6.07) is 0. The average Bonchev–Trinajstić information content (AvgIpc) is 2.57. The Morgan fingerprint density at radius 3 is 2.38 bits per heavy atom. The summed E-state index contributed by atoms with van der Waals surface area (Å²) in [7, 11) is 0. The Hall–Kier alpha value is -0.410. The molecule has 0 aliphatic heterocycles. The van der Waals surface area contributed by atoms with E-state index in [1.165, 1.54) is 0 Å². The van der Waals surface area contributed by atoms with Crippen molar-refractivity contribution < 1.29 is 5.11 Å². The molecule has 1 rings (SSSR count). The summed E-state index contributed by atoms with van der Waals surface area (Å²) in [6.07, 6.45) is 1.90. The molecule has 0 spiro atoms. The molecule has 1 aromatic rings. The molecule has 0 unspecified atom stereocenters. The lowest BCUT2D eigenvalue weighted by Gasteiger charge is -2.26. The van der Waals surface area contributed by atoms with Crippen LogP contribution in [0.25, 0.3) is 0 Å². The van der Waals surface area contributed by atoms with Crippen LogP contribution in [0.3, 0.4) is 0 Å². The molecule has 0 atom stereocenters. The van der Waals surface area contributed by atoms with Crippen LogP contribution in [0.2, 0.25) is 0 Å². The maximum Gasteiger partial charge on any atom is 0.101 e. The van der Waals surface area contributed by atoms with E-state index in [2.05, 4.69) is 18.8 Å². The first-order valence-electron chi connectivity index (χ1n) is 4.72. The molecule has 0 bridgehead atoms. The summed E-state index contributed by atoms with van der Waals surface area (Å²) in [4.78, 5) is 4.45. The zero-order chi connectivity index (χ0) is 9.90. The molecular formula is C10H17NOS. The van der Waals surface area contributed by atoms with Gasteiger partial charge in [0.15, 0.2) is 0 Å². The Balaban J connectivity index is 3.00. The van der Waals surface area contributed by atoms with E-state index in [1.807, 2.05) is 12.3 Å². The van der Waals surface area contributed by atoms with Crippen LogP contribution in [-0.4, -0.2) is 16.7 Å². The Kier molecular flexibility index (Phi) is 3.45. The van der Waals surface area contributed by atoms with Gasteiger partial charge in [0.2, 0.25) is 0 Å². The van der Waals surface area contributed by atoms with Gasteiger partial charge in [-0.2, -0.15) is 0 Å². The van der Waals surface area contributed by atoms with Crippen molar-refractivity contribution in [3.05, 3.63) is 16.1 Å². The van der Waals surface area contributed by atoms with Gasteiger partial charge < -0.3 is 5.11 Å². The summed E-state index contributed by atoms with van der Waals surface area (Å²) in [5.41, 5.74) is 0.957. The van der Waals surface area contributed by atoms with Crippen LogP contribution in [0.5, 0.6) is 0 Å². The lowest BCUT2D eigenvalue weighted by atomic mass is 9.84. The molecule has 0 amide bonds. The van der Waals surface area contributed by atoms with Crippen molar-refractivity contribution in [3.63, 3.8) is 0 Å². The molecule has 0 radical (unpaired) electrons. The van der Waals surface area contributed by atoms with E-state index >= 15 is 0 Å².